The summed E-state index contributed by atoms with van der Waals surface area (Å²) in [5, 5.41) is 19.3. The van der Waals surface area contributed by atoms with E-state index in [4.69, 9.17) is 4.98 Å². The van der Waals surface area contributed by atoms with E-state index in [0.29, 0.717) is 5.56 Å². The highest BCUT2D eigenvalue weighted by Crippen LogP contribution is 2.51. The van der Waals surface area contributed by atoms with Crippen LogP contribution in [-0.4, -0.2) is 26.4 Å². The summed E-state index contributed by atoms with van der Waals surface area (Å²) >= 11 is 1.42. The van der Waals surface area contributed by atoms with Crippen molar-refractivity contribution in [3.8, 4) is 6.07 Å². The van der Waals surface area contributed by atoms with Crippen molar-refractivity contribution in [1.82, 2.24) is 9.55 Å². The maximum atomic E-state index is 11.9. The first-order valence-corrected chi connectivity index (χ1v) is 14.7. The van der Waals surface area contributed by atoms with Crippen molar-refractivity contribution in [2.45, 2.75) is 29.5 Å². The summed E-state index contributed by atoms with van der Waals surface area (Å²) in [6, 6.07) is 39.3. The topological polar surface area (TPSA) is 78.9 Å². The highest BCUT2D eigenvalue weighted by atomic mass is 32.2. The van der Waals surface area contributed by atoms with Crippen molar-refractivity contribution >= 4 is 17.7 Å². The minimum Gasteiger partial charge on any atom is -0.481 e. The van der Waals surface area contributed by atoms with Gasteiger partial charge in [0.15, 0.2) is 0 Å². The molecule has 0 bridgehead atoms. The molecular formula is C35H29N3O2S. The van der Waals surface area contributed by atoms with Gasteiger partial charge in [0.1, 0.15) is 5.54 Å². The first-order valence-electron chi connectivity index (χ1n) is 13.7. The molecule has 1 aromatic heterocycles. The molecule has 1 atom stereocenters. The van der Waals surface area contributed by atoms with Crippen LogP contribution in [0.3, 0.4) is 0 Å². The molecule has 202 valence electrons. The lowest BCUT2D eigenvalue weighted by molar-refractivity contribution is -0.133. The standard InChI is InChI=1S/C35H29N3O2S/c36-22-26-18-19-31-27(21-26)11-10-20-34(31,41-24-33(39)40)32-23-38(25-37-32)35(28-12-4-1-5-13-28,29-14-6-2-7-15-29)30-16-8-3-9-17-30/h1-9,12-19,21,23,25H,10-11,20,24H2,(H,39,40). The molecule has 0 aliphatic heterocycles. The average Bonchev–Trinajstić information content (AvgIpc) is 3.53. The monoisotopic (exact) mass is 555 g/mol. The number of benzene rings is 4. The Bertz CT molecular complexity index is 1610. The van der Waals surface area contributed by atoms with Crippen LogP contribution in [0.1, 0.15) is 51.9 Å². The summed E-state index contributed by atoms with van der Waals surface area (Å²) in [5.41, 5.74) is 6.14. The third kappa shape index (κ3) is 4.63. The zero-order valence-corrected chi connectivity index (χ0v) is 23.3. The lowest BCUT2D eigenvalue weighted by Crippen LogP contribution is -2.37. The normalized spacial score (nSPS) is 16.5. The molecule has 5 aromatic rings. The molecule has 1 aliphatic rings. The van der Waals surface area contributed by atoms with Gasteiger partial charge in [-0.05, 0) is 59.2 Å². The molecule has 0 saturated carbocycles. The fraction of sp³-hybridized carbons (Fsp3) is 0.171. The van der Waals surface area contributed by atoms with Crippen LogP contribution in [0.4, 0.5) is 0 Å². The van der Waals surface area contributed by atoms with Crippen molar-refractivity contribution in [3.63, 3.8) is 0 Å². The largest absolute Gasteiger partial charge is 0.481 e. The smallest absolute Gasteiger partial charge is 0.313 e. The van der Waals surface area contributed by atoms with Crippen molar-refractivity contribution in [1.29, 1.82) is 5.26 Å². The predicted molar refractivity (Wildman–Crippen MR) is 162 cm³/mol. The number of hydrogen-bond donors (Lipinski definition) is 1. The van der Waals surface area contributed by atoms with E-state index < -0.39 is 16.3 Å². The third-order valence-electron chi connectivity index (χ3n) is 8.04. The Labute approximate surface area is 244 Å². The number of thioether (sulfide) groups is 1. The van der Waals surface area contributed by atoms with Gasteiger partial charge in [0.25, 0.3) is 0 Å². The van der Waals surface area contributed by atoms with Gasteiger partial charge in [0.05, 0.1) is 34.2 Å². The second-order valence-corrected chi connectivity index (χ2v) is 11.6. The summed E-state index contributed by atoms with van der Waals surface area (Å²) in [7, 11) is 0. The van der Waals surface area contributed by atoms with E-state index in [1.807, 2.05) is 42.7 Å². The molecule has 1 N–H and O–H groups in total. The molecule has 41 heavy (non-hydrogen) atoms. The molecule has 1 heterocycles. The Morgan fingerprint density at radius 1 is 0.927 bits per heavy atom. The maximum Gasteiger partial charge on any atom is 0.313 e. The highest BCUT2D eigenvalue weighted by molar-refractivity contribution is 8.01. The second-order valence-electron chi connectivity index (χ2n) is 10.3. The zero-order valence-electron chi connectivity index (χ0n) is 22.5. The van der Waals surface area contributed by atoms with Crippen molar-refractivity contribution in [2.75, 3.05) is 5.75 Å². The summed E-state index contributed by atoms with van der Waals surface area (Å²) < 4.78 is 1.53. The molecule has 1 unspecified atom stereocenters. The number of aryl methyl sites for hydroxylation is 1. The van der Waals surface area contributed by atoms with Crippen LogP contribution in [0.5, 0.6) is 0 Å². The Balaban J connectivity index is 1.61. The number of carboxylic acid groups (broad SMARTS) is 1. The lowest BCUT2D eigenvalue weighted by Gasteiger charge is -2.39. The molecule has 5 nitrogen and oxygen atoms in total. The quantitative estimate of drug-likeness (QED) is 0.209. The van der Waals surface area contributed by atoms with Gasteiger partial charge in [-0.3, -0.25) is 4.79 Å². The van der Waals surface area contributed by atoms with Crippen molar-refractivity contribution in [3.05, 3.63) is 161 Å². The van der Waals surface area contributed by atoms with Crippen LogP contribution < -0.4 is 0 Å². The Hall–Kier alpha value is -4.60. The number of carboxylic acids is 1. The molecular weight excluding hydrogens is 526 g/mol. The van der Waals surface area contributed by atoms with E-state index >= 15 is 0 Å². The molecule has 0 fully saturated rings. The van der Waals surface area contributed by atoms with Gasteiger partial charge in [-0.15, -0.1) is 11.8 Å². The first-order chi connectivity index (χ1) is 20.1. The molecule has 0 amide bonds. The van der Waals surface area contributed by atoms with Gasteiger partial charge in [-0.1, -0.05) is 97.1 Å². The van der Waals surface area contributed by atoms with Gasteiger partial charge < -0.3 is 9.67 Å². The number of aromatic nitrogens is 2. The maximum absolute atomic E-state index is 11.9. The van der Waals surface area contributed by atoms with Crippen LogP contribution in [0.25, 0.3) is 0 Å². The number of nitrogens with zero attached hydrogens (tertiary/aromatic N) is 3. The third-order valence-corrected chi connectivity index (χ3v) is 9.56. The van der Waals surface area contributed by atoms with E-state index in [-0.39, 0.29) is 5.75 Å². The number of rotatable bonds is 8. The van der Waals surface area contributed by atoms with E-state index in [0.717, 1.165) is 52.8 Å². The summed E-state index contributed by atoms with van der Waals surface area (Å²) in [6.07, 6.45) is 6.49. The fourth-order valence-electron chi connectivity index (χ4n) is 6.30. The molecule has 0 radical (unpaired) electrons. The molecule has 0 saturated heterocycles. The minimum absolute atomic E-state index is 0.0481. The zero-order chi connectivity index (χ0) is 28.3. The van der Waals surface area contributed by atoms with E-state index in [9.17, 15) is 15.2 Å². The first kappa shape index (κ1) is 26.6. The van der Waals surface area contributed by atoms with Crippen LogP contribution in [-0.2, 0) is 21.5 Å². The second kappa shape index (κ2) is 11.1. The number of aliphatic carboxylic acids is 1. The predicted octanol–water partition coefficient (Wildman–Crippen LogP) is 6.99. The number of imidazole rings is 1. The van der Waals surface area contributed by atoms with E-state index in [1.54, 1.807) is 0 Å². The molecule has 6 rings (SSSR count). The number of fused-ring (bicyclic) bond motifs is 1. The minimum atomic E-state index is -0.859. The Morgan fingerprint density at radius 2 is 1.51 bits per heavy atom. The van der Waals surface area contributed by atoms with Gasteiger partial charge in [-0.25, -0.2) is 4.98 Å². The lowest BCUT2D eigenvalue weighted by atomic mass is 9.76. The van der Waals surface area contributed by atoms with Gasteiger partial charge in [-0.2, -0.15) is 5.26 Å². The summed E-state index contributed by atoms with van der Waals surface area (Å²) in [5.74, 6) is -0.908. The molecule has 6 heteroatoms. The Kier molecular flexibility index (Phi) is 7.21. The van der Waals surface area contributed by atoms with Crippen LogP contribution in [0, 0.1) is 11.3 Å². The van der Waals surface area contributed by atoms with E-state index in [2.05, 4.69) is 89.6 Å². The Morgan fingerprint density at radius 3 is 2.05 bits per heavy atom. The summed E-state index contributed by atoms with van der Waals surface area (Å²) in [4.78, 5) is 16.9. The number of nitriles is 1. The molecule has 1 aliphatic carbocycles. The van der Waals surface area contributed by atoms with Crippen molar-refractivity contribution in [2.24, 2.45) is 0 Å². The van der Waals surface area contributed by atoms with Crippen LogP contribution in [0.15, 0.2) is 122 Å². The van der Waals surface area contributed by atoms with Crippen molar-refractivity contribution < 1.29 is 9.90 Å². The van der Waals surface area contributed by atoms with Gasteiger partial charge in [0.2, 0.25) is 0 Å². The van der Waals surface area contributed by atoms with Gasteiger partial charge in [0, 0.05) is 6.20 Å². The SMILES string of the molecule is N#Cc1ccc2c(c1)CCCC2(SCC(=O)O)c1cn(C(c2ccccc2)(c2ccccc2)c2ccccc2)cn1. The van der Waals surface area contributed by atoms with Crippen LogP contribution in [0.2, 0.25) is 0 Å². The highest BCUT2D eigenvalue weighted by Gasteiger charge is 2.44. The fourth-order valence-corrected chi connectivity index (χ4v) is 7.57. The number of carbonyl (C=O) groups is 1. The summed E-state index contributed by atoms with van der Waals surface area (Å²) in [6.45, 7) is 0. The van der Waals surface area contributed by atoms with Crippen LogP contribution >= 0.6 is 11.8 Å². The average molecular weight is 556 g/mol. The number of hydrogen-bond acceptors (Lipinski definition) is 4. The molecule has 4 aromatic carbocycles. The van der Waals surface area contributed by atoms with Gasteiger partial charge >= 0.3 is 5.97 Å². The van der Waals surface area contributed by atoms with E-state index in [1.165, 1.54) is 11.8 Å². The molecule has 0 spiro atoms.